The van der Waals surface area contributed by atoms with Gasteiger partial charge >= 0.3 is 0 Å². The third-order valence-electron chi connectivity index (χ3n) is 5.26. The lowest BCUT2D eigenvalue weighted by Gasteiger charge is -2.35. The van der Waals surface area contributed by atoms with Crippen LogP contribution >= 0.6 is 0 Å². The topological polar surface area (TPSA) is 53.9 Å². The van der Waals surface area contributed by atoms with Gasteiger partial charge in [0.05, 0.1) is 17.1 Å². The van der Waals surface area contributed by atoms with Gasteiger partial charge in [-0.2, -0.15) is 0 Å². The molecule has 1 N–H and O–H groups in total. The molecule has 1 atom stereocenters. The zero-order valence-corrected chi connectivity index (χ0v) is 14.8. The van der Waals surface area contributed by atoms with Crippen LogP contribution in [0, 0.1) is 13.8 Å². The first-order valence-corrected chi connectivity index (χ1v) is 9.00. The second-order valence-electron chi connectivity index (χ2n) is 6.94. The quantitative estimate of drug-likeness (QED) is 0.792. The predicted molar refractivity (Wildman–Crippen MR) is 98.3 cm³/mol. The van der Waals surface area contributed by atoms with Crippen molar-refractivity contribution in [3.05, 3.63) is 53.6 Å². The van der Waals surface area contributed by atoms with Crippen LogP contribution < -0.4 is 0 Å². The number of hydrogen-bond acceptors (Lipinski definition) is 2. The van der Waals surface area contributed by atoms with E-state index < -0.39 is 0 Å². The van der Waals surface area contributed by atoms with Gasteiger partial charge in [-0.15, -0.1) is 0 Å². The van der Waals surface area contributed by atoms with E-state index in [-0.39, 0.29) is 11.9 Å². The molecule has 3 aromatic rings. The number of nitrogens with zero attached hydrogens (tertiary/aromatic N) is 3. The Morgan fingerprint density at radius 2 is 1.92 bits per heavy atom. The molecular formula is C20H24N4O. The minimum atomic E-state index is 0.0461. The number of fused-ring (bicyclic) bond motifs is 1. The van der Waals surface area contributed by atoms with E-state index in [0.29, 0.717) is 6.54 Å². The molecule has 1 saturated heterocycles. The average Bonchev–Trinajstić information content (AvgIpc) is 3.20. The smallest absolute Gasteiger partial charge is 0.243 e. The highest BCUT2D eigenvalue weighted by Gasteiger charge is 2.30. The molecule has 25 heavy (non-hydrogen) atoms. The fourth-order valence-electron chi connectivity index (χ4n) is 3.82. The van der Waals surface area contributed by atoms with Crippen LogP contribution in [0.5, 0.6) is 0 Å². The summed E-state index contributed by atoms with van der Waals surface area (Å²) in [4.78, 5) is 23.2. The van der Waals surface area contributed by atoms with E-state index in [1.807, 2.05) is 43.0 Å². The van der Waals surface area contributed by atoms with E-state index in [2.05, 4.69) is 21.7 Å². The molecule has 1 fully saturated rings. The van der Waals surface area contributed by atoms with Gasteiger partial charge < -0.3 is 14.5 Å². The number of rotatable bonds is 3. The highest BCUT2D eigenvalue weighted by molar-refractivity contribution is 5.78. The minimum Gasteiger partial charge on any atom is -0.340 e. The van der Waals surface area contributed by atoms with Crippen molar-refractivity contribution < 1.29 is 4.79 Å². The van der Waals surface area contributed by atoms with Crippen LogP contribution in [0.2, 0.25) is 0 Å². The van der Waals surface area contributed by atoms with Crippen molar-refractivity contribution in [1.29, 1.82) is 0 Å². The van der Waals surface area contributed by atoms with Gasteiger partial charge in [0.1, 0.15) is 12.4 Å². The molecule has 2 aromatic heterocycles. The molecule has 0 radical (unpaired) electrons. The van der Waals surface area contributed by atoms with Gasteiger partial charge in [0.15, 0.2) is 0 Å². The third kappa shape index (κ3) is 2.95. The average molecular weight is 336 g/mol. The standard InChI is InChI=1S/C20H24N4O/c1-14-10-11-15(2)24(14)13-19(25)23-12-6-5-9-18(23)20-21-16-7-3-4-8-17(16)22-20/h3-4,7-8,10-11,18H,5-6,9,12-13H2,1-2H3,(H,21,22)/t18-/m0/s1. The van der Waals surface area contributed by atoms with Gasteiger partial charge in [0, 0.05) is 17.9 Å². The maximum atomic E-state index is 13.0. The SMILES string of the molecule is Cc1ccc(C)n1CC(=O)N1CCCC[C@H]1c1nc2ccccc2[nH]1. The first-order chi connectivity index (χ1) is 12.1. The summed E-state index contributed by atoms with van der Waals surface area (Å²) in [6.07, 6.45) is 3.16. The second-order valence-corrected chi connectivity index (χ2v) is 6.94. The van der Waals surface area contributed by atoms with Crippen molar-refractivity contribution in [2.45, 2.75) is 45.7 Å². The van der Waals surface area contributed by atoms with Crippen molar-refractivity contribution in [3.8, 4) is 0 Å². The van der Waals surface area contributed by atoms with Gasteiger partial charge in [-0.3, -0.25) is 4.79 Å². The Labute approximate surface area is 147 Å². The first kappa shape index (κ1) is 15.9. The number of hydrogen-bond donors (Lipinski definition) is 1. The molecule has 5 nitrogen and oxygen atoms in total. The highest BCUT2D eigenvalue weighted by atomic mass is 16.2. The number of H-pyrrole nitrogens is 1. The normalized spacial score (nSPS) is 18.0. The Kier molecular flexibility index (Phi) is 4.07. The molecule has 1 aliphatic heterocycles. The molecule has 0 bridgehead atoms. The van der Waals surface area contributed by atoms with Gasteiger partial charge in [-0.25, -0.2) is 4.98 Å². The van der Waals surface area contributed by atoms with Gasteiger partial charge in [-0.05, 0) is 57.4 Å². The molecule has 0 saturated carbocycles. The van der Waals surface area contributed by atoms with Crippen molar-refractivity contribution in [2.24, 2.45) is 0 Å². The summed E-state index contributed by atoms with van der Waals surface area (Å²) in [7, 11) is 0. The second kappa shape index (κ2) is 6.39. The molecule has 3 heterocycles. The number of aromatic amines is 1. The molecule has 5 heteroatoms. The van der Waals surface area contributed by atoms with E-state index in [1.165, 1.54) is 0 Å². The lowest BCUT2D eigenvalue weighted by molar-refractivity contribution is -0.136. The van der Waals surface area contributed by atoms with Crippen LogP contribution in [0.15, 0.2) is 36.4 Å². The highest BCUT2D eigenvalue weighted by Crippen LogP contribution is 2.31. The summed E-state index contributed by atoms with van der Waals surface area (Å²) in [5.74, 6) is 1.09. The van der Waals surface area contributed by atoms with E-state index in [4.69, 9.17) is 4.98 Å². The Balaban J connectivity index is 1.61. The van der Waals surface area contributed by atoms with Crippen LogP contribution in [0.25, 0.3) is 11.0 Å². The monoisotopic (exact) mass is 336 g/mol. The fourth-order valence-corrected chi connectivity index (χ4v) is 3.82. The summed E-state index contributed by atoms with van der Waals surface area (Å²) in [6.45, 7) is 5.31. The zero-order chi connectivity index (χ0) is 17.4. The zero-order valence-electron chi connectivity index (χ0n) is 14.8. The number of aryl methyl sites for hydroxylation is 2. The van der Waals surface area contributed by atoms with Crippen LogP contribution in [-0.4, -0.2) is 31.9 Å². The van der Waals surface area contributed by atoms with Crippen LogP contribution in [0.1, 0.15) is 42.5 Å². The number of benzene rings is 1. The number of piperidine rings is 1. The Morgan fingerprint density at radius 3 is 2.68 bits per heavy atom. The summed E-state index contributed by atoms with van der Waals surface area (Å²) < 4.78 is 2.09. The van der Waals surface area contributed by atoms with E-state index in [9.17, 15) is 4.79 Å². The molecule has 130 valence electrons. The number of imidazole rings is 1. The van der Waals surface area contributed by atoms with Crippen molar-refractivity contribution in [1.82, 2.24) is 19.4 Å². The Morgan fingerprint density at radius 1 is 1.16 bits per heavy atom. The number of aromatic nitrogens is 3. The summed E-state index contributed by atoms with van der Waals surface area (Å²) in [6, 6.07) is 12.2. The molecule has 0 spiro atoms. The number of carbonyl (C=O) groups excluding carboxylic acids is 1. The minimum absolute atomic E-state index is 0.0461. The van der Waals surface area contributed by atoms with E-state index in [0.717, 1.165) is 54.1 Å². The van der Waals surface area contributed by atoms with Gasteiger partial charge in [-0.1, -0.05) is 12.1 Å². The number of nitrogens with one attached hydrogen (secondary N) is 1. The number of amides is 1. The lowest BCUT2D eigenvalue weighted by atomic mass is 10.0. The van der Waals surface area contributed by atoms with E-state index in [1.54, 1.807) is 0 Å². The molecular weight excluding hydrogens is 312 g/mol. The van der Waals surface area contributed by atoms with Gasteiger partial charge in [0.2, 0.25) is 5.91 Å². The number of likely N-dealkylation sites (tertiary alicyclic amines) is 1. The maximum absolute atomic E-state index is 13.0. The molecule has 1 amide bonds. The van der Waals surface area contributed by atoms with Crippen LogP contribution in [0.4, 0.5) is 0 Å². The molecule has 0 aliphatic carbocycles. The van der Waals surface area contributed by atoms with Crippen LogP contribution in [-0.2, 0) is 11.3 Å². The summed E-state index contributed by atoms with van der Waals surface area (Å²) in [5.41, 5.74) is 4.26. The number of carbonyl (C=O) groups is 1. The lowest BCUT2D eigenvalue weighted by Crippen LogP contribution is -2.41. The largest absolute Gasteiger partial charge is 0.340 e. The Bertz CT molecular complexity index is 855. The molecule has 0 unspecified atom stereocenters. The van der Waals surface area contributed by atoms with Crippen molar-refractivity contribution in [3.63, 3.8) is 0 Å². The third-order valence-corrected chi connectivity index (χ3v) is 5.26. The molecule has 4 rings (SSSR count). The Hall–Kier alpha value is -2.56. The van der Waals surface area contributed by atoms with Crippen LogP contribution in [0.3, 0.4) is 0 Å². The number of para-hydroxylation sites is 2. The fraction of sp³-hybridized carbons (Fsp3) is 0.400. The molecule has 1 aromatic carbocycles. The van der Waals surface area contributed by atoms with Crippen molar-refractivity contribution in [2.75, 3.05) is 6.54 Å². The van der Waals surface area contributed by atoms with Crippen molar-refractivity contribution >= 4 is 16.9 Å². The first-order valence-electron chi connectivity index (χ1n) is 9.00. The molecule has 1 aliphatic rings. The van der Waals surface area contributed by atoms with Gasteiger partial charge in [0.25, 0.3) is 0 Å². The summed E-state index contributed by atoms with van der Waals surface area (Å²) >= 11 is 0. The summed E-state index contributed by atoms with van der Waals surface area (Å²) in [5, 5.41) is 0. The van der Waals surface area contributed by atoms with E-state index >= 15 is 0 Å². The maximum Gasteiger partial charge on any atom is 0.243 e. The predicted octanol–water partition coefficient (Wildman–Crippen LogP) is 3.74.